The molecule has 1 heterocycles. The van der Waals surface area contributed by atoms with Crippen molar-refractivity contribution in [1.29, 1.82) is 0 Å². The molecule has 1 aliphatic heterocycles. The van der Waals surface area contributed by atoms with E-state index in [-0.39, 0.29) is 12.0 Å². The Kier molecular flexibility index (Phi) is 4.63. The Morgan fingerprint density at radius 1 is 1.37 bits per heavy atom. The van der Waals surface area contributed by atoms with E-state index in [1.54, 1.807) is 0 Å². The van der Waals surface area contributed by atoms with Gasteiger partial charge in [-0.3, -0.25) is 4.79 Å². The van der Waals surface area contributed by atoms with Crippen LogP contribution in [0, 0.1) is 20.8 Å². The van der Waals surface area contributed by atoms with Gasteiger partial charge in [0.05, 0.1) is 12.7 Å². The van der Waals surface area contributed by atoms with Crippen LogP contribution in [0.2, 0.25) is 0 Å². The Labute approximate surface area is 123 Å². The fourth-order valence-electron chi connectivity index (χ4n) is 2.67. The number of aryl methyl sites for hydroxylation is 3. The van der Waals surface area contributed by atoms with Gasteiger partial charge in [-0.25, -0.2) is 0 Å². The lowest BCUT2D eigenvalue weighted by atomic mass is 9.98. The first-order chi connectivity index (χ1) is 9.02. The highest BCUT2D eigenvalue weighted by molar-refractivity contribution is 9.09. The van der Waals surface area contributed by atoms with Gasteiger partial charge >= 0.3 is 0 Å². The summed E-state index contributed by atoms with van der Waals surface area (Å²) in [7, 11) is 0. The number of halogens is 1. The lowest BCUT2D eigenvalue weighted by Gasteiger charge is -2.33. The highest BCUT2D eigenvalue weighted by atomic mass is 79.9. The SMILES string of the molecule is Cc1cc(C)c(C(=O)N2CCOC(CBr)C2)c(C)c1. The van der Waals surface area contributed by atoms with Crippen molar-refractivity contribution in [3.8, 4) is 0 Å². The van der Waals surface area contributed by atoms with Gasteiger partial charge in [0.1, 0.15) is 0 Å². The minimum atomic E-state index is 0.101. The summed E-state index contributed by atoms with van der Waals surface area (Å²) in [5.74, 6) is 0.129. The smallest absolute Gasteiger partial charge is 0.254 e. The Hall–Kier alpha value is -0.870. The average molecular weight is 326 g/mol. The molecule has 0 radical (unpaired) electrons. The van der Waals surface area contributed by atoms with Gasteiger partial charge in [0, 0.05) is 24.0 Å². The number of nitrogens with zero attached hydrogens (tertiary/aromatic N) is 1. The van der Waals surface area contributed by atoms with Crippen molar-refractivity contribution in [3.63, 3.8) is 0 Å². The van der Waals surface area contributed by atoms with Crippen molar-refractivity contribution in [2.24, 2.45) is 0 Å². The first-order valence-corrected chi connectivity index (χ1v) is 7.69. The molecule has 2 rings (SSSR count). The lowest BCUT2D eigenvalue weighted by Crippen LogP contribution is -2.46. The number of hydrogen-bond donors (Lipinski definition) is 0. The molecule has 0 spiro atoms. The molecule has 1 saturated heterocycles. The quantitative estimate of drug-likeness (QED) is 0.782. The Morgan fingerprint density at radius 2 is 2.00 bits per heavy atom. The maximum Gasteiger partial charge on any atom is 0.254 e. The number of rotatable bonds is 2. The summed E-state index contributed by atoms with van der Waals surface area (Å²) < 4.78 is 5.58. The zero-order chi connectivity index (χ0) is 14.0. The van der Waals surface area contributed by atoms with Crippen molar-refractivity contribution < 1.29 is 9.53 Å². The van der Waals surface area contributed by atoms with E-state index in [9.17, 15) is 4.79 Å². The lowest BCUT2D eigenvalue weighted by molar-refractivity contribution is -0.00971. The molecular formula is C15H20BrNO2. The third kappa shape index (κ3) is 3.18. The van der Waals surface area contributed by atoms with E-state index < -0.39 is 0 Å². The van der Waals surface area contributed by atoms with Crippen molar-refractivity contribution in [3.05, 3.63) is 34.4 Å². The van der Waals surface area contributed by atoms with Crippen LogP contribution in [0.1, 0.15) is 27.0 Å². The fraction of sp³-hybridized carbons (Fsp3) is 0.533. The molecule has 0 saturated carbocycles. The normalized spacial score (nSPS) is 19.6. The predicted octanol–water partition coefficient (Wildman–Crippen LogP) is 2.85. The molecule has 1 unspecified atom stereocenters. The summed E-state index contributed by atoms with van der Waals surface area (Å²) in [5, 5.41) is 0.767. The highest BCUT2D eigenvalue weighted by Crippen LogP contribution is 2.20. The number of carbonyl (C=O) groups excluding carboxylic acids is 1. The molecule has 3 nitrogen and oxygen atoms in total. The molecule has 0 bridgehead atoms. The van der Waals surface area contributed by atoms with Crippen LogP contribution in [0.3, 0.4) is 0 Å². The number of alkyl halides is 1. The second kappa shape index (κ2) is 6.06. The maximum absolute atomic E-state index is 12.7. The zero-order valence-electron chi connectivity index (χ0n) is 11.7. The van der Waals surface area contributed by atoms with E-state index in [2.05, 4.69) is 35.0 Å². The summed E-state index contributed by atoms with van der Waals surface area (Å²) in [6.07, 6.45) is 0.101. The third-order valence-corrected chi connectivity index (χ3v) is 4.21. The maximum atomic E-state index is 12.7. The minimum Gasteiger partial charge on any atom is -0.374 e. The van der Waals surface area contributed by atoms with Crippen LogP contribution in [0.15, 0.2) is 12.1 Å². The van der Waals surface area contributed by atoms with E-state index in [4.69, 9.17) is 4.74 Å². The predicted molar refractivity (Wildman–Crippen MR) is 80.1 cm³/mol. The molecule has 1 aromatic rings. The van der Waals surface area contributed by atoms with Crippen molar-refractivity contribution >= 4 is 21.8 Å². The van der Waals surface area contributed by atoms with Crippen LogP contribution in [-0.2, 0) is 4.74 Å². The average Bonchev–Trinajstić information content (AvgIpc) is 2.37. The minimum absolute atomic E-state index is 0.101. The third-order valence-electron chi connectivity index (χ3n) is 3.49. The molecule has 1 fully saturated rings. The van der Waals surface area contributed by atoms with Gasteiger partial charge < -0.3 is 9.64 Å². The van der Waals surface area contributed by atoms with E-state index in [0.717, 1.165) is 22.0 Å². The van der Waals surface area contributed by atoms with Gasteiger partial charge in [0.2, 0.25) is 0 Å². The topological polar surface area (TPSA) is 29.5 Å². The van der Waals surface area contributed by atoms with Crippen LogP contribution in [0.4, 0.5) is 0 Å². The number of morpholine rings is 1. The van der Waals surface area contributed by atoms with Gasteiger partial charge in [-0.05, 0) is 31.9 Å². The van der Waals surface area contributed by atoms with Crippen molar-refractivity contribution in [2.75, 3.05) is 25.0 Å². The number of carbonyl (C=O) groups is 1. The first-order valence-electron chi connectivity index (χ1n) is 6.57. The van der Waals surface area contributed by atoms with Crippen molar-refractivity contribution in [2.45, 2.75) is 26.9 Å². The van der Waals surface area contributed by atoms with Gasteiger partial charge in [-0.15, -0.1) is 0 Å². The molecule has 104 valence electrons. The van der Waals surface area contributed by atoms with Crippen LogP contribution in [0.25, 0.3) is 0 Å². The largest absolute Gasteiger partial charge is 0.374 e. The Balaban J connectivity index is 2.24. The number of ether oxygens (including phenoxy) is 1. The second-order valence-corrected chi connectivity index (χ2v) is 5.82. The second-order valence-electron chi connectivity index (χ2n) is 5.17. The molecule has 1 aliphatic rings. The molecule has 1 amide bonds. The van der Waals surface area contributed by atoms with Crippen LogP contribution < -0.4 is 0 Å². The molecule has 1 atom stereocenters. The Bertz CT molecular complexity index is 464. The van der Waals surface area contributed by atoms with E-state index in [0.29, 0.717) is 19.7 Å². The van der Waals surface area contributed by atoms with Crippen LogP contribution in [-0.4, -0.2) is 41.9 Å². The summed E-state index contributed by atoms with van der Waals surface area (Å²) >= 11 is 3.42. The van der Waals surface area contributed by atoms with Gasteiger partial charge in [0.25, 0.3) is 5.91 Å². The number of hydrogen-bond acceptors (Lipinski definition) is 2. The number of benzene rings is 1. The molecule has 0 aromatic heterocycles. The van der Waals surface area contributed by atoms with E-state index >= 15 is 0 Å². The van der Waals surface area contributed by atoms with Crippen molar-refractivity contribution in [1.82, 2.24) is 4.90 Å². The molecule has 19 heavy (non-hydrogen) atoms. The summed E-state index contributed by atoms with van der Waals surface area (Å²) in [6, 6.07) is 4.14. The zero-order valence-corrected chi connectivity index (χ0v) is 13.3. The van der Waals surface area contributed by atoms with Gasteiger partial charge in [0.15, 0.2) is 0 Å². The van der Waals surface area contributed by atoms with Gasteiger partial charge in [-0.1, -0.05) is 33.6 Å². The Morgan fingerprint density at radius 3 is 2.58 bits per heavy atom. The highest BCUT2D eigenvalue weighted by Gasteiger charge is 2.26. The summed E-state index contributed by atoms with van der Waals surface area (Å²) in [6.45, 7) is 8.03. The summed E-state index contributed by atoms with van der Waals surface area (Å²) in [4.78, 5) is 14.6. The molecular weight excluding hydrogens is 306 g/mol. The monoisotopic (exact) mass is 325 g/mol. The number of amides is 1. The molecule has 0 aliphatic carbocycles. The fourth-order valence-corrected chi connectivity index (χ4v) is 3.06. The van der Waals surface area contributed by atoms with E-state index in [1.807, 2.05) is 18.7 Å². The van der Waals surface area contributed by atoms with E-state index in [1.165, 1.54) is 5.56 Å². The summed E-state index contributed by atoms with van der Waals surface area (Å²) in [5.41, 5.74) is 4.17. The molecule has 0 N–H and O–H groups in total. The standard InChI is InChI=1S/C15H20BrNO2/c1-10-6-11(2)14(12(3)7-10)15(18)17-4-5-19-13(8-16)9-17/h6-7,13H,4-5,8-9H2,1-3H3. The van der Waals surface area contributed by atoms with Crippen LogP contribution in [0.5, 0.6) is 0 Å². The van der Waals surface area contributed by atoms with Crippen LogP contribution >= 0.6 is 15.9 Å². The first kappa shape index (κ1) is 14.5. The van der Waals surface area contributed by atoms with Gasteiger partial charge in [-0.2, -0.15) is 0 Å². The molecule has 4 heteroatoms. The molecule has 1 aromatic carbocycles.